The highest BCUT2D eigenvalue weighted by Crippen LogP contribution is 2.16. The molecule has 1 N–H and O–H groups in total. The number of aromatic nitrogens is 3. The lowest BCUT2D eigenvalue weighted by atomic mass is 10.2. The lowest BCUT2D eigenvalue weighted by Crippen LogP contribution is -2.26. The second-order valence-electron chi connectivity index (χ2n) is 6.16. The van der Waals surface area contributed by atoms with Crippen molar-refractivity contribution in [2.75, 3.05) is 5.32 Å². The maximum Gasteiger partial charge on any atom is 0.259 e. The summed E-state index contributed by atoms with van der Waals surface area (Å²) in [5.41, 5.74) is 1.00. The van der Waals surface area contributed by atoms with E-state index in [9.17, 15) is 14.0 Å². The molecule has 0 spiro atoms. The quantitative estimate of drug-likeness (QED) is 0.720. The van der Waals surface area contributed by atoms with E-state index in [-0.39, 0.29) is 18.0 Å². The summed E-state index contributed by atoms with van der Waals surface area (Å²) in [6, 6.07) is 7.30. The second-order valence-corrected chi connectivity index (χ2v) is 6.16. The van der Waals surface area contributed by atoms with E-state index < -0.39 is 11.7 Å². The van der Waals surface area contributed by atoms with Gasteiger partial charge in [0.1, 0.15) is 12.4 Å². The van der Waals surface area contributed by atoms with Crippen LogP contribution in [0.25, 0.3) is 11.5 Å². The number of nitrogens with zero attached hydrogens (tertiary/aromatic N) is 3. The highest BCUT2D eigenvalue weighted by atomic mass is 19.1. The first kappa shape index (κ1) is 18.5. The second kappa shape index (κ2) is 7.94. The van der Waals surface area contributed by atoms with Crippen LogP contribution in [0.3, 0.4) is 0 Å². The third-order valence-corrected chi connectivity index (χ3v) is 3.94. The van der Waals surface area contributed by atoms with Gasteiger partial charge < -0.3 is 14.4 Å². The molecule has 3 aromatic rings. The Balaban J connectivity index is 1.76. The van der Waals surface area contributed by atoms with Crippen LogP contribution in [0, 0.1) is 12.7 Å². The standard InChI is InChI=1S/C19H19FN4O3/c1-3-4-16-22-19(27-23-16)13-6-8-18(26)24(10-13)11-17(25)21-14-7-5-12(2)15(20)9-14/h5-10H,3-4,11H2,1-2H3,(H,21,25). The van der Waals surface area contributed by atoms with Gasteiger partial charge in [0.25, 0.3) is 11.4 Å². The van der Waals surface area contributed by atoms with Gasteiger partial charge >= 0.3 is 0 Å². The molecule has 0 unspecified atom stereocenters. The number of hydrogen-bond donors (Lipinski definition) is 1. The molecule has 0 fully saturated rings. The van der Waals surface area contributed by atoms with Crippen LogP contribution in [-0.4, -0.2) is 20.6 Å². The molecule has 0 radical (unpaired) electrons. The molecule has 3 rings (SSSR count). The first-order chi connectivity index (χ1) is 13.0. The van der Waals surface area contributed by atoms with Crippen molar-refractivity contribution >= 4 is 11.6 Å². The Morgan fingerprint density at radius 1 is 1.30 bits per heavy atom. The van der Waals surface area contributed by atoms with Crippen LogP contribution in [0.1, 0.15) is 24.7 Å². The van der Waals surface area contributed by atoms with E-state index in [1.165, 1.54) is 22.9 Å². The Hall–Kier alpha value is -3.29. The van der Waals surface area contributed by atoms with E-state index in [4.69, 9.17) is 4.52 Å². The number of halogens is 1. The Morgan fingerprint density at radius 2 is 2.11 bits per heavy atom. The number of amides is 1. The predicted octanol–water partition coefficient (Wildman–Crippen LogP) is 2.94. The zero-order valence-corrected chi connectivity index (χ0v) is 15.0. The van der Waals surface area contributed by atoms with Crippen LogP contribution < -0.4 is 10.9 Å². The molecule has 0 aliphatic heterocycles. The van der Waals surface area contributed by atoms with Crippen LogP contribution in [0.4, 0.5) is 10.1 Å². The maximum absolute atomic E-state index is 13.6. The number of rotatable bonds is 6. The van der Waals surface area contributed by atoms with E-state index in [2.05, 4.69) is 15.5 Å². The van der Waals surface area contributed by atoms with E-state index in [0.29, 0.717) is 29.1 Å². The Kier molecular flexibility index (Phi) is 5.44. The molecule has 8 heteroatoms. The molecule has 0 saturated heterocycles. The third kappa shape index (κ3) is 4.46. The number of pyridine rings is 1. The van der Waals surface area contributed by atoms with Crippen molar-refractivity contribution in [3.8, 4) is 11.5 Å². The number of carbonyl (C=O) groups is 1. The van der Waals surface area contributed by atoms with Crippen molar-refractivity contribution in [3.05, 3.63) is 64.1 Å². The molecule has 1 amide bonds. The highest BCUT2D eigenvalue weighted by Gasteiger charge is 2.12. The minimum Gasteiger partial charge on any atom is -0.334 e. The summed E-state index contributed by atoms with van der Waals surface area (Å²) < 4.78 is 20.0. The molecule has 0 bridgehead atoms. The maximum atomic E-state index is 13.6. The lowest BCUT2D eigenvalue weighted by Gasteiger charge is -2.09. The minimum absolute atomic E-state index is 0.224. The Bertz CT molecular complexity index is 1030. The molecule has 27 heavy (non-hydrogen) atoms. The van der Waals surface area contributed by atoms with Gasteiger partial charge in [-0.3, -0.25) is 9.59 Å². The number of nitrogens with one attached hydrogen (secondary N) is 1. The highest BCUT2D eigenvalue weighted by molar-refractivity contribution is 5.90. The molecular formula is C19H19FN4O3. The average molecular weight is 370 g/mol. The fourth-order valence-electron chi connectivity index (χ4n) is 2.50. The van der Waals surface area contributed by atoms with Crippen LogP contribution in [0.5, 0.6) is 0 Å². The van der Waals surface area contributed by atoms with Crippen molar-refractivity contribution in [1.29, 1.82) is 0 Å². The minimum atomic E-state index is -0.449. The first-order valence-electron chi connectivity index (χ1n) is 8.55. The van der Waals surface area contributed by atoms with Crippen LogP contribution in [-0.2, 0) is 17.8 Å². The fourth-order valence-corrected chi connectivity index (χ4v) is 2.50. The van der Waals surface area contributed by atoms with Gasteiger partial charge in [0.2, 0.25) is 5.91 Å². The van der Waals surface area contributed by atoms with Crippen molar-refractivity contribution < 1.29 is 13.7 Å². The van der Waals surface area contributed by atoms with Crippen molar-refractivity contribution in [2.24, 2.45) is 0 Å². The molecule has 2 heterocycles. The van der Waals surface area contributed by atoms with Gasteiger partial charge in [0.05, 0.1) is 5.56 Å². The van der Waals surface area contributed by atoms with E-state index >= 15 is 0 Å². The number of carbonyl (C=O) groups excluding carboxylic acids is 1. The summed E-state index contributed by atoms with van der Waals surface area (Å²) in [4.78, 5) is 28.5. The summed E-state index contributed by atoms with van der Waals surface area (Å²) in [6.45, 7) is 3.42. The SMILES string of the molecule is CCCc1noc(-c2ccc(=O)n(CC(=O)Nc3ccc(C)c(F)c3)c2)n1. The topological polar surface area (TPSA) is 90.0 Å². The van der Waals surface area contributed by atoms with E-state index in [1.54, 1.807) is 25.1 Å². The summed E-state index contributed by atoms with van der Waals surface area (Å²) in [6.07, 6.45) is 3.07. The molecular weight excluding hydrogens is 351 g/mol. The van der Waals surface area contributed by atoms with Crippen molar-refractivity contribution in [2.45, 2.75) is 33.2 Å². The van der Waals surface area contributed by atoms with Crippen LogP contribution in [0.2, 0.25) is 0 Å². The van der Waals surface area contributed by atoms with Crippen LogP contribution >= 0.6 is 0 Å². The summed E-state index contributed by atoms with van der Waals surface area (Å²) in [5, 5.41) is 6.45. The summed E-state index contributed by atoms with van der Waals surface area (Å²) in [5.74, 6) is 0.0125. The number of aryl methyl sites for hydroxylation is 2. The molecule has 140 valence electrons. The summed E-state index contributed by atoms with van der Waals surface area (Å²) >= 11 is 0. The van der Waals surface area contributed by atoms with Gasteiger partial charge in [-0.1, -0.05) is 18.1 Å². The smallest absolute Gasteiger partial charge is 0.259 e. The average Bonchev–Trinajstić information content (AvgIpc) is 3.09. The number of anilines is 1. The van der Waals surface area contributed by atoms with E-state index in [1.807, 2.05) is 6.92 Å². The van der Waals surface area contributed by atoms with E-state index in [0.717, 1.165) is 6.42 Å². The summed E-state index contributed by atoms with van der Waals surface area (Å²) in [7, 11) is 0. The fraction of sp³-hybridized carbons (Fsp3) is 0.263. The molecule has 0 aliphatic carbocycles. The van der Waals surface area contributed by atoms with Gasteiger partial charge in [-0.2, -0.15) is 4.98 Å². The third-order valence-electron chi connectivity index (χ3n) is 3.94. The van der Waals surface area contributed by atoms with Gasteiger partial charge in [-0.05, 0) is 37.1 Å². The zero-order chi connectivity index (χ0) is 19.4. The largest absolute Gasteiger partial charge is 0.334 e. The van der Waals surface area contributed by atoms with Gasteiger partial charge in [-0.15, -0.1) is 0 Å². The van der Waals surface area contributed by atoms with Gasteiger partial charge in [0, 0.05) is 24.4 Å². The number of hydrogen-bond acceptors (Lipinski definition) is 5. The molecule has 0 aliphatic rings. The van der Waals surface area contributed by atoms with Gasteiger partial charge in [0.15, 0.2) is 5.82 Å². The van der Waals surface area contributed by atoms with Crippen molar-refractivity contribution in [1.82, 2.24) is 14.7 Å². The monoisotopic (exact) mass is 370 g/mol. The molecule has 7 nitrogen and oxygen atoms in total. The zero-order valence-electron chi connectivity index (χ0n) is 15.0. The van der Waals surface area contributed by atoms with Gasteiger partial charge in [-0.25, -0.2) is 4.39 Å². The number of benzene rings is 1. The van der Waals surface area contributed by atoms with Crippen LogP contribution in [0.15, 0.2) is 45.8 Å². The Labute approximate surface area is 154 Å². The normalized spacial score (nSPS) is 10.8. The Morgan fingerprint density at radius 3 is 2.85 bits per heavy atom. The molecule has 0 saturated carbocycles. The molecule has 0 atom stereocenters. The molecule has 2 aromatic heterocycles. The predicted molar refractivity (Wildman–Crippen MR) is 97.8 cm³/mol. The van der Waals surface area contributed by atoms with Crippen molar-refractivity contribution in [3.63, 3.8) is 0 Å². The molecule has 1 aromatic carbocycles. The lowest BCUT2D eigenvalue weighted by molar-refractivity contribution is -0.116. The first-order valence-corrected chi connectivity index (χ1v) is 8.55.